The summed E-state index contributed by atoms with van der Waals surface area (Å²) in [6, 6.07) is -0.467. The van der Waals surface area contributed by atoms with Crippen LogP contribution in [0.2, 0.25) is 0 Å². The highest BCUT2D eigenvalue weighted by molar-refractivity contribution is 5.83. The molecule has 2 fully saturated rings. The molecule has 1 aliphatic heterocycles. The molecule has 1 aliphatic carbocycles. The number of carbonyl (C=O) groups is 2. The van der Waals surface area contributed by atoms with Crippen LogP contribution in [0.25, 0.3) is 0 Å². The smallest absolute Gasteiger partial charge is 0.326 e. The molecule has 1 heterocycles. The lowest BCUT2D eigenvalue weighted by molar-refractivity contribution is -0.149. The summed E-state index contributed by atoms with van der Waals surface area (Å²) in [7, 11) is 0. The van der Waals surface area contributed by atoms with Crippen LogP contribution in [0.4, 0.5) is 0 Å². The first-order valence-electron chi connectivity index (χ1n) is 5.97. The molecule has 3 atom stereocenters. The van der Waals surface area contributed by atoms with E-state index in [1.807, 2.05) is 0 Å². The van der Waals surface area contributed by atoms with Crippen LogP contribution in [0.3, 0.4) is 0 Å². The van der Waals surface area contributed by atoms with Gasteiger partial charge in [-0.15, -0.1) is 0 Å². The van der Waals surface area contributed by atoms with Gasteiger partial charge < -0.3 is 10.0 Å². The van der Waals surface area contributed by atoms with Crippen LogP contribution in [0, 0.1) is 5.41 Å². The van der Waals surface area contributed by atoms with Gasteiger partial charge in [0.2, 0.25) is 5.91 Å². The number of nitrogens with zero attached hydrogens (tertiary/aromatic N) is 1. The number of fused-ring (bicyclic) bond motifs is 1. The fourth-order valence-electron chi connectivity index (χ4n) is 3.50. The van der Waals surface area contributed by atoms with Gasteiger partial charge in [0.15, 0.2) is 0 Å². The van der Waals surface area contributed by atoms with Crippen molar-refractivity contribution < 1.29 is 14.7 Å². The molecule has 4 heteroatoms. The van der Waals surface area contributed by atoms with Crippen LogP contribution in [0.1, 0.15) is 46.0 Å². The summed E-state index contributed by atoms with van der Waals surface area (Å²) in [6.45, 7) is 3.62. The fraction of sp³-hybridized carbons (Fsp3) is 0.833. The Morgan fingerprint density at radius 1 is 1.38 bits per heavy atom. The Balaban J connectivity index is 2.31. The minimum atomic E-state index is -0.856. The van der Waals surface area contributed by atoms with Crippen molar-refractivity contribution in [2.45, 2.75) is 58.0 Å². The quantitative estimate of drug-likeness (QED) is 0.738. The van der Waals surface area contributed by atoms with E-state index in [1.165, 1.54) is 6.92 Å². The molecule has 16 heavy (non-hydrogen) atoms. The first-order chi connectivity index (χ1) is 7.46. The van der Waals surface area contributed by atoms with Crippen LogP contribution >= 0.6 is 0 Å². The number of aliphatic carboxylic acids is 1. The summed E-state index contributed by atoms with van der Waals surface area (Å²) in [4.78, 5) is 24.4. The normalized spacial score (nSPS) is 38.2. The van der Waals surface area contributed by atoms with Gasteiger partial charge >= 0.3 is 5.97 Å². The monoisotopic (exact) mass is 225 g/mol. The summed E-state index contributed by atoms with van der Waals surface area (Å²) >= 11 is 0. The predicted octanol–water partition coefficient (Wildman–Crippen LogP) is 1.64. The number of likely N-dealkylation sites (tertiary alicyclic amines) is 1. The SMILES string of the molecule is CC(=O)N1C2CCCC[C@@]2(C)C[C@H]1C(=O)O. The maximum atomic E-state index is 11.6. The van der Waals surface area contributed by atoms with E-state index in [4.69, 9.17) is 0 Å². The highest BCUT2D eigenvalue weighted by Gasteiger charge is 2.53. The fourth-order valence-corrected chi connectivity index (χ4v) is 3.50. The summed E-state index contributed by atoms with van der Waals surface area (Å²) in [5.74, 6) is -0.950. The first-order valence-corrected chi connectivity index (χ1v) is 5.97. The number of hydrogen-bond donors (Lipinski definition) is 1. The Kier molecular flexibility index (Phi) is 2.68. The van der Waals surface area contributed by atoms with E-state index in [-0.39, 0.29) is 17.4 Å². The average Bonchev–Trinajstić information content (AvgIpc) is 2.50. The first kappa shape index (κ1) is 11.4. The van der Waals surface area contributed by atoms with Crippen LogP contribution in [0.5, 0.6) is 0 Å². The topological polar surface area (TPSA) is 57.6 Å². The molecule has 2 rings (SSSR count). The van der Waals surface area contributed by atoms with E-state index in [2.05, 4.69) is 6.92 Å². The molecule has 4 nitrogen and oxygen atoms in total. The van der Waals surface area contributed by atoms with Gasteiger partial charge in [-0.2, -0.15) is 0 Å². The summed E-state index contributed by atoms with van der Waals surface area (Å²) in [5.41, 5.74) is 0.0208. The molecule has 0 aromatic heterocycles. The van der Waals surface area contributed by atoms with Crippen molar-refractivity contribution in [3.05, 3.63) is 0 Å². The zero-order valence-electron chi connectivity index (χ0n) is 9.90. The van der Waals surface area contributed by atoms with Gasteiger partial charge in [-0.3, -0.25) is 4.79 Å². The van der Waals surface area contributed by atoms with Gasteiger partial charge in [0.25, 0.3) is 0 Å². The molecule has 0 radical (unpaired) electrons. The zero-order chi connectivity index (χ0) is 11.9. The number of carbonyl (C=O) groups excluding carboxylic acids is 1. The van der Waals surface area contributed by atoms with Gasteiger partial charge in [0, 0.05) is 13.0 Å². The van der Waals surface area contributed by atoms with Crippen LogP contribution in [-0.2, 0) is 9.59 Å². The Bertz CT molecular complexity index is 328. The summed E-state index contributed by atoms with van der Waals surface area (Å²) in [5, 5.41) is 9.20. The number of amides is 1. The minimum Gasteiger partial charge on any atom is -0.480 e. The van der Waals surface area contributed by atoms with Crippen LogP contribution in [0.15, 0.2) is 0 Å². The third-order valence-corrected chi connectivity index (χ3v) is 4.26. The molecule has 1 saturated carbocycles. The highest BCUT2D eigenvalue weighted by atomic mass is 16.4. The predicted molar refractivity (Wildman–Crippen MR) is 58.9 cm³/mol. The third kappa shape index (κ3) is 1.60. The molecule has 0 bridgehead atoms. The van der Waals surface area contributed by atoms with Gasteiger partial charge in [0.05, 0.1) is 0 Å². The number of carboxylic acids is 1. The minimum absolute atomic E-state index is 0.0208. The largest absolute Gasteiger partial charge is 0.480 e. The molecule has 0 spiro atoms. The van der Waals surface area contributed by atoms with E-state index in [0.717, 1.165) is 25.7 Å². The molecule has 2 aliphatic rings. The molecule has 1 unspecified atom stereocenters. The Morgan fingerprint density at radius 2 is 2.06 bits per heavy atom. The lowest BCUT2D eigenvalue weighted by atomic mass is 9.71. The molecular formula is C12H19NO3. The van der Waals surface area contributed by atoms with Crippen molar-refractivity contribution >= 4 is 11.9 Å². The van der Waals surface area contributed by atoms with E-state index in [0.29, 0.717) is 6.42 Å². The molecule has 1 N–H and O–H groups in total. The van der Waals surface area contributed by atoms with Gasteiger partial charge in [-0.1, -0.05) is 19.8 Å². The van der Waals surface area contributed by atoms with E-state index >= 15 is 0 Å². The van der Waals surface area contributed by atoms with Crippen LogP contribution in [-0.4, -0.2) is 34.0 Å². The van der Waals surface area contributed by atoms with Crippen molar-refractivity contribution in [1.29, 1.82) is 0 Å². The average molecular weight is 225 g/mol. The Hall–Kier alpha value is -1.06. The Morgan fingerprint density at radius 3 is 2.62 bits per heavy atom. The zero-order valence-corrected chi connectivity index (χ0v) is 9.90. The van der Waals surface area contributed by atoms with Crippen LogP contribution < -0.4 is 0 Å². The van der Waals surface area contributed by atoms with E-state index in [1.54, 1.807) is 4.90 Å². The second kappa shape index (κ2) is 3.75. The van der Waals surface area contributed by atoms with Gasteiger partial charge in [-0.25, -0.2) is 4.79 Å². The lowest BCUT2D eigenvalue weighted by Gasteiger charge is -2.39. The Labute approximate surface area is 95.6 Å². The van der Waals surface area contributed by atoms with Crippen molar-refractivity contribution in [2.24, 2.45) is 5.41 Å². The second-order valence-corrected chi connectivity index (χ2v) is 5.40. The maximum Gasteiger partial charge on any atom is 0.326 e. The van der Waals surface area contributed by atoms with Gasteiger partial charge in [0.1, 0.15) is 6.04 Å². The molecule has 0 aromatic carbocycles. The van der Waals surface area contributed by atoms with E-state index in [9.17, 15) is 14.7 Å². The number of rotatable bonds is 1. The van der Waals surface area contributed by atoms with Crippen molar-refractivity contribution in [3.8, 4) is 0 Å². The van der Waals surface area contributed by atoms with Crippen molar-refractivity contribution in [3.63, 3.8) is 0 Å². The number of hydrogen-bond acceptors (Lipinski definition) is 2. The highest BCUT2D eigenvalue weighted by Crippen LogP contribution is 2.49. The molecule has 1 saturated heterocycles. The molecule has 1 amide bonds. The molecule has 0 aromatic rings. The maximum absolute atomic E-state index is 11.6. The second-order valence-electron chi connectivity index (χ2n) is 5.40. The van der Waals surface area contributed by atoms with Gasteiger partial charge in [-0.05, 0) is 24.7 Å². The van der Waals surface area contributed by atoms with Crippen molar-refractivity contribution in [2.75, 3.05) is 0 Å². The van der Waals surface area contributed by atoms with Crippen molar-refractivity contribution in [1.82, 2.24) is 4.90 Å². The molecular weight excluding hydrogens is 206 g/mol. The molecule has 90 valence electrons. The number of carboxylic acid groups (broad SMARTS) is 1. The third-order valence-electron chi connectivity index (χ3n) is 4.26. The van der Waals surface area contributed by atoms with E-state index < -0.39 is 12.0 Å². The standard InChI is InChI=1S/C12H19NO3/c1-8(14)13-9(11(15)16)7-12(2)6-4-3-5-10(12)13/h9-10H,3-7H2,1-2H3,(H,15,16)/t9-,10?,12-/m0/s1. The summed E-state index contributed by atoms with van der Waals surface area (Å²) in [6.07, 6.45) is 4.89. The lowest BCUT2D eigenvalue weighted by Crippen LogP contribution is -2.46. The summed E-state index contributed by atoms with van der Waals surface area (Å²) < 4.78 is 0.